The number of carbonyl (C=O) groups excluding carboxylic acids is 1. The molecule has 0 radical (unpaired) electrons. The van der Waals surface area contributed by atoms with Crippen LogP contribution in [0.25, 0.3) is 11.3 Å². The fraction of sp³-hybridized carbons (Fsp3) is 0.393. The summed E-state index contributed by atoms with van der Waals surface area (Å²) in [6, 6.07) is 12.9. The quantitative estimate of drug-likeness (QED) is 0.336. The predicted molar refractivity (Wildman–Crippen MR) is 135 cm³/mol. The van der Waals surface area contributed by atoms with Crippen molar-refractivity contribution >= 4 is 5.91 Å². The lowest BCUT2D eigenvalue weighted by atomic mass is 9.87. The lowest BCUT2D eigenvalue weighted by Gasteiger charge is -2.25. The highest BCUT2D eigenvalue weighted by Crippen LogP contribution is 2.27. The molecule has 0 spiro atoms. The van der Waals surface area contributed by atoms with E-state index in [0.29, 0.717) is 12.1 Å². The number of hydrogen-bond donors (Lipinski definition) is 4. The van der Waals surface area contributed by atoms with Crippen molar-refractivity contribution in [2.75, 3.05) is 6.54 Å². The molecule has 5 nitrogen and oxygen atoms in total. The van der Waals surface area contributed by atoms with Crippen molar-refractivity contribution in [3.63, 3.8) is 0 Å². The van der Waals surface area contributed by atoms with Gasteiger partial charge in [0, 0.05) is 43.5 Å². The fourth-order valence-corrected chi connectivity index (χ4v) is 4.30. The normalized spacial score (nSPS) is 13.5. The van der Waals surface area contributed by atoms with Gasteiger partial charge in [0.2, 0.25) is 5.91 Å². The van der Waals surface area contributed by atoms with Crippen LogP contribution < -0.4 is 10.6 Å². The van der Waals surface area contributed by atoms with Crippen molar-refractivity contribution < 1.29 is 18.7 Å². The summed E-state index contributed by atoms with van der Waals surface area (Å²) in [5, 5.41) is 16.8. The molecule has 3 aromatic rings. The molecule has 0 saturated carbocycles. The number of nitrogens with one attached hydrogen (secondary N) is 3. The first-order valence-electron chi connectivity index (χ1n) is 11.9. The van der Waals surface area contributed by atoms with Crippen LogP contribution in [0.2, 0.25) is 0 Å². The van der Waals surface area contributed by atoms with Gasteiger partial charge in [-0.1, -0.05) is 39.0 Å². The highest BCUT2D eigenvalue weighted by molar-refractivity contribution is 5.73. The number of carbonyl (C=O) groups is 1. The van der Waals surface area contributed by atoms with Gasteiger partial charge >= 0.3 is 0 Å². The van der Waals surface area contributed by atoms with Crippen molar-refractivity contribution in [2.24, 2.45) is 5.41 Å². The second-order valence-corrected chi connectivity index (χ2v) is 10.3. The summed E-state index contributed by atoms with van der Waals surface area (Å²) < 4.78 is 27.2. The van der Waals surface area contributed by atoms with Crippen LogP contribution in [-0.4, -0.2) is 34.7 Å². The summed E-state index contributed by atoms with van der Waals surface area (Å²) >= 11 is 0. The number of aromatic nitrogens is 1. The number of aliphatic hydroxyl groups is 1. The largest absolute Gasteiger partial charge is 0.390 e. The van der Waals surface area contributed by atoms with Gasteiger partial charge in [0.25, 0.3) is 0 Å². The van der Waals surface area contributed by atoms with E-state index in [9.17, 15) is 18.7 Å². The molecule has 0 bridgehead atoms. The lowest BCUT2D eigenvalue weighted by molar-refractivity contribution is -0.120. The third-order valence-electron chi connectivity index (χ3n) is 5.69. The molecule has 188 valence electrons. The van der Waals surface area contributed by atoms with Crippen LogP contribution in [0.4, 0.5) is 8.78 Å². The van der Waals surface area contributed by atoms with E-state index in [4.69, 9.17) is 0 Å². The summed E-state index contributed by atoms with van der Waals surface area (Å²) in [5.41, 5.74) is 4.91. The Labute approximate surface area is 206 Å². The molecular weight excluding hydrogens is 448 g/mol. The van der Waals surface area contributed by atoms with Crippen molar-refractivity contribution in [3.05, 3.63) is 83.1 Å². The maximum absolute atomic E-state index is 13.6. The fourth-order valence-electron chi connectivity index (χ4n) is 4.30. The molecule has 2 unspecified atom stereocenters. The van der Waals surface area contributed by atoms with Crippen LogP contribution in [-0.2, 0) is 24.2 Å². The smallest absolute Gasteiger partial charge is 0.217 e. The van der Waals surface area contributed by atoms with Gasteiger partial charge in [-0.25, -0.2) is 8.78 Å². The molecule has 0 fully saturated rings. The number of benzene rings is 2. The molecule has 1 heterocycles. The standard InChI is InChI=1S/C28H35F2N3O2/c1-18(34)33-26(13-20-11-22(29)14-23(30)12-20)27(35)17-31-16-21-10-19(15-28(2,3)4)7-8-24(21)25-6-5-9-32-25/h5-12,14,26-27,31-32,35H,13,15-17H2,1-4H3,(H,33,34). The Bertz CT molecular complexity index is 1100. The summed E-state index contributed by atoms with van der Waals surface area (Å²) in [6.45, 7) is 8.65. The van der Waals surface area contributed by atoms with Gasteiger partial charge < -0.3 is 20.7 Å². The summed E-state index contributed by atoms with van der Waals surface area (Å²) in [6.07, 6.45) is 1.96. The van der Waals surface area contributed by atoms with Gasteiger partial charge in [0.1, 0.15) is 11.6 Å². The van der Waals surface area contributed by atoms with E-state index in [2.05, 4.69) is 54.6 Å². The number of rotatable bonds is 10. The molecule has 7 heteroatoms. The van der Waals surface area contributed by atoms with Crippen molar-refractivity contribution in [1.29, 1.82) is 0 Å². The number of aliphatic hydroxyl groups excluding tert-OH is 1. The molecule has 1 amide bonds. The van der Waals surface area contributed by atoms with E-state index in [-0.39, 0.29) is 24.3 Å². The lowest BCUT2D eigenvalue weighted by Crippen LogP contribution is -2.48. The second kappa shape index (κ2) is 11.6. The summed E-state index contributed by atoms with van der Waals surface area (Å²) in [4.78, 5) is 15.0. The first-order chi connectivity index (χ1) is 16.5. The second-order valence-electron chi connectivity index (χ2n) is 10.3. The van der Waals surface area contributed by atoms with E-state index in [1.165, 1.54) is 24.6 Å². The van der Waals surface area contributed by atoms with Crippen LogP contribution in [0.15, 0.2) is 54.7 Å². The van der Waals surface area contributed by atoms with Gasteiger partial charge in [-0.3, -0.25) is 4.79 Å². The number of hydrogen-bond acceptors (Lipinski definition) is 3. The van der Waals surface area contributed by atoms with Gasteiger partial charge in [0.05, 0.1) is 12.1 Å². The van der Waals surface area contributed by atoms with Crippen molar-refractivity contribution in [2.45, 2.75) is 59.2 Å². The Morgan fingerprint density at radius 3 is 2.37 bits per heavy atom. The van der Waals surface area contributed by atoms with Gasteiger partial charge in [0.15, 0.2) is 0 Å². The zero-order valence-electron chi connectivity index (χ0n) is 20.8. The number of amides is 1. The van der Waals surface area contributed by atoms with Crippen LogP contribution in [0.3, 0.4) is 0 Å². The molecule has 2 atom stereocenters. The highest BCUT2D eigenvalue weighted by atomic mass is 19.1. The van der Waals surface area contributed by atoms with E-state index < -0.39 is 23.8 Å². The van der Waals surface area contributed by atoms with Gasteiger partial charge in [-0.15, -0.1) is 0 Å². The Hall–Kier alpha value is -3.03. The molecule has 3 rings (SSSR count). The minimum atomic E-state index is -0.961. The average Bonchev–Trinajstić information content (AvgIpc) is 3.26. The Morgan fingerprint density at radius 1 is 1.06 bits per heavy atom. The summed E-state index contributed by atoms with van der Waals surface area (Å²) in [7, 11) is 0. The molecule has 1 aromatic heterocycles. The van der Waals surface area contributed by atoms with Gasteiger partial charge in [-0.2, -0.15) is 0 Å². The molecule has 0 saturated heterocycles. The average molecular weight is 484 g/mol. The van der Waals surface area contributed by atoms with Crippen molar-refractivity contribution in [3.8, 4) is 11.3 Å². The number of H-pyrrole nitrogens is 1. The van der Waals surface area contributed by atoms with E-state index in [0.717, 1.165) is 29.3 Å². The van der Waals surface area contributed by atoms with Crippen LogP contribution >= 0.6 is 0 Å². The van der Waals surface area contributed by atoms with E-state index in [1.807, 2.05) is 18.3 Å². The maximum atomic E-state index is 13.6. The Kier molecular flexibility index (Phi) is 8.81. The zero-order chi connectivity index (χ0) is 25.6. The van der Waals surface area contributed by atoms with Crippen LogP contribution in [0.1, 0.15) is 44.4 Å². The molecule has 0 aliphatic carbocycles. The molecule has 35 heavy (non-hydrogen) atoms. The third kappa shape index (κ3) is 8.30. The van der Waals surface area contributed by atoms with E-state index in [1.54, 1.807) is 0 Å². The number of halogens is 2. The Morgan fingerprint density at radius 2 is 1.77 bits per heavy atom. The number of aromatic amines is 1. The zero-order valence-corrected chi connectivity index (χ0v) is 20.8. The molecule has 4 N–H and O–H groups in total. The Balaban J connectivity index is 1.72. The minimum Gasteiger partial charge on any atom is -0.390 e. The first kappa shape index (κ1) is 26.6. The van der Waals surface area contributed by atoms with Crippen LogP contribution in [0.5, 0.6) is 0 Å². The van der Waals surface area contributed by atoms with E-state index >= 15 is 0 Å². The van der Waals surface area contributed by atoms with Crippen molar-refractivity contribution in [1.82, 2.24) is 15.6 Å². The summed E-state index contributed by atoms with van der Waals surface area (Å²) in [5.74, 6) is -1.71. The topological polar surface area (TPSA) is 77.2 Å². The minimum absolute atomic E-state index is 0.103. The predicted octanol–water partition coefficient (Wildman–Crippen LogP) is 4.75. The van der Waals surface area contributed by atoms with Crippen LogP contribution in [0, 0.1) is 17.0 Å². The van der Waals surface area contributed by atoms with Gasteiger partial charge in [-0.05, 0) is 59.2 Å². The molecule has 0 aliphatic heterocycles. The monoisotopic (exact) mass is 483 g/mol. The molecule has 2 aromatic carbocycles. The maximum Gasteiger partial charge on any atom is 0.217 e. The molecular formula is C28H35F2N3O2. The SMILES string of the molecule is CC(=O)NC(Cc1cc(F)cc(F)c1)C(O)CNCc1cc(CC(C)(C)C)ccc1-c1ccc[nH]1. The third-order valence-corrected chi connectivity index (χ3v) is 5.69. The highest BCUT2D eigenvalue weighted by Gasteiger charge is 2.21. The molecule has 0 aliphatic rings. The first-order valence-corrected chi connectivity index (χ1v) is 11.9.